The fraction of sp³-hybridized carbons (Fsp3) is 0.429. The molecular formula is C7H11N3O2. The zero-order valence-corrected chi connectivity index (χ0v) is 6.98. The molecule has 12 heavy (non-hydrogen) atoms. The molecule has 5 heteroatoms. The lowest BCUT2D eigenvalue weighted by Gasteiger charge is -2.06. The van der Waals surface area contributed by atoms with Gasteiger partial charge < -0.3 is 10.4 Å². The molecule has 0 aliphatic heterocycles. The van der Waals surface area contributed by atoms with Gasteiger partial charge in [-0.2, -0.15) is 5.10 Å². The average Bonchev–Trinajstić information content (AvgIpc) is 2.36. The molecule has 1 heterocycles. The minimum atomic E-state index is -1.00. The number of carbonyl (C=O) groups is 1. The van der Waals surface area contributed by atoms with E-state index in [-0.39, 0.29) is 0 Å². The Kier molecular flexibility index (Phi) is 2.44. The van der Waals surface area contributed by atoms with Crippen molar-refractivity contribution in [3.63, 3.8) is 0 Å². The van der Waals surface area contributed by atoms with Gasteiger partial charge in [0.25, 0.3) is 5.91 Å². The molecule has 1 rings (SSSR count). The quantitative estimate of drug-likeness (QED) is 0.641. The van der Waals surface area contributed by atoms with Gasteiger partial charge in [-0.15, -0.1) is 0 Å². The first-order valence-corrected chi connectivity index (χ1v) is 3.58. The summed E-state index contributed by atoms with van der Waals surface area (Å²) in [5.74, 6) is 0.138. The molecular weight excluding hydrogens is 158 g/mol. The number of amides is 1. The molecule has 0 fully saturated rings. The Morgan fingerprint density at radius 3 is 2.92 bits per heavy atom. The van der Waals surface area contributed by atoms with Crippen LogP contribution in [0.25, 0.3) is 0 Å². The Balaban J connectivity index is 2.64. The molecule has 1 atom stereocenters. The maximum atomic E-state index is 11.0. The van der Waals surface area contributed by atoms with Crippen molar-refractivity contribution in [2.45, 2.75) is 13.0 Å². The number of hydrogen-bond donors (Lipinski definition) is 2. The first-order chi connectivity index (χ1) is 5.61. The van der Waals surface area contributed by atoms with Crippen LogP contribution in [0.1, 0.15) is 6.92 Å². The summed E-state index contributed by atoms with van der Waals surface area (Å²) in [6.45, 7) is 1.41. The number of rotatable bonds is 2. The number of hydrogen-bond acceptors (Lipinski definition) is 3. The third kappa shape index (κ3) is 1.82. The fourth-order valence-electron chi connectivity index (χ4n) is 0.727. The number of aryl methyl sites for hydroxylation is 1. The Labute approximate surface area is 70.0 Å². The Bertz CT molecular complexity index is 280. The highest BCUT2D eigenvalue weighted by Gasteiger charge is 2.09. The van der Waals surface area contributed by atoms with Crippen LogP contribution >= 0.6 is 0 Å². The van der Waals surface area contributed by atoms with Gasteiger partial charge in [-0.25, -0.2) is 0 Å². The van der Waals surface area contributed by atoms with Gasteiger partial charge in [0.15, 0.2) is 0 Å². The summed E-state index contributed by atoms with van der Waals surface area (Å²) in [6.07, 6.45) is 0.567. The van der Waals surface area contributed by atoms with E-state index in [1.807, 2.05) is 0 Å². The number of aromatic nitrogens is 2. The zero-order valence-electron chi connectivity index (χ0n) is 6.98. The monoisotopic (exact) mass is 169 g/mol. The van der Waals surface area contributed by atoms with Crippen LogP contribution in [0.15, 0.2) is 12.3 Å². The van der Waals surface area contributed by atoms with E-state index in [9.17, 15) is 4.79 Å². The van der Waals surface area contributed by atoms with Crippen molar-refractivity contribution in [1.82, 2.24) is 9.78 Å². The van der Waals surface area contributed by atoms with Crippen molar-refractivity contribution in [2.24, 2.45) is 7.05 Å². The minimum absolute atomic E-state index is 0.432. The van der Waals surface area contributed by atoms with Gasteiger partial charge in [0.2, 0.25) is 0 Å². The van der Waals surface area contributed by atoms with E-state index in [1.54, 1.807) is 19.3 Å². The highest BCUT2D eigenvalue weighted by atomic mass is 16.3. The van der Waals surface area contributed by atoms with E-state index in [2.05, 4.69) is 10.4 Å². The van der Waals surface area contributed by atoms with Gasteiger partial charge in [-0.3, -0.25) is 9.48 Å². The molecule has 0 spiro atoms. The molecule has 0 radical (unpaired) electrons. The molecule has 1 amide bonds. The van der Waals surface area contributed by atoms with Gasteiger partial charge >= 0.3 is 0 Å². The van der Waals surface area contributed by atoms with E-state index >= 15 is 0 Å². The maximum absolute atomic E-state index is 11.0. The molecule has 2 N–H and O–H groups in total. The van der Waals surface area contributed by atoms with Crippen LogP contribution in [0.2, 0.25) is 0 Å². The van der Waals surface area contributed by atoms with Crippen LogP contribution in [0.4, 0.5) is 5.82 Å². The summed E-state index contributed by atoms with van der Waals surface area (Å²) in [6, 6.07) is 1.65. The summed E-state index contributed by atoms with van der Waals surface area (Å²) in [5, 5.41) is 15.2. The van der Waals surface area contributed by atoms with Gasteiger partial charge in [0.05, 0.1) is 6.20 Å². The van der Waals surface area contributed by atoms with Crippen molar-refractivity contribution in [1.29, 1.82) is 0 Å². The predicted octanol–water partition coefficient (Wildman–Crippen LogP) is -0.261. The molecule has 0 bridgehead atoms. The van der Waals surface area contributed by atoms with Gasteiger partial charge in [0.1, 0.15) is 11.9 Å². The topological polar surface area (TPSA) is 67.2 Å². The molecule has 0 saturated carbocycles. The molecule has 1 aromatic rings. The van der Waals surface area contributed by atoms with Crippen molar-refractivity contribution in [3.05, 3.63) is 12.3 Å². The van der Waals surface area contributed by atoms with Gasteiger partial charge in [-0.1, -0.05) is 0 Å². The van der Waals surface area contributed by atoms with Crippen LogP contribution in [-0.2, 0) is 11.8 Å². The number of aliphatic hydroxyl groups is 1. The van der Waals surface area contributed by atoms with Gasteiger partial charge in [-0.05, 0) is 6.92 Å². The standard InChI is InChI=1S/C7H11N3O2/c1-5(11)7(12)9-6-3-4-8-10(6)2/h3-5,11H,1-2H3,(H,9,12)/t5-/m1/s1. The predicted molar refractivity (Wildman–Crippen MR) is 43.5 cm³/mol. The van der Waals surface area contributed by atoms with Crippen LogP contribution in [-0.4, -0.2) is 26.9 Å². The summed E-state index contributed by atoms with van der Waals surface area (Å²) in [4.78, 5) is 11.0. The molecule has 5 nitrogen and oxygen atoms in total. The summed E-state index contributed by atoms with van der Waals surface area (Å²) in [5.41, 5.74) is 0. The number of carbonyl (C=O) groups excluding carboxylic acids is 1. The van der Waals surface area contributed by atoms with Crippen molar-refractivity contribution >= 4 is 11.7 Å². The molecule has 0 unspecified atom stereocenters. The van der Waals surface area contributed by atoms with E-state index in [1.165, 1.54) is 11.6 Å². The second-order valence-electron chi connectivity index (χ2n) is 2.51. The Morgan fingerprint density at radius 1 is 1.83 bits per heavy atom. The average molecular weight is 169 g/mol. The van der Waals surface area contributed by atoms with Crippen molar-refractivity contribution in [3.8, 4) is 0 Å². The molecule has 0 aliphatic rings. The molecule has 66 valence electrons. The molecule has 0 aromatic carbocycles. The lowest BCUT2D eigenvalue weighted by Crippen LogP contribution is -2.25. The summed E-state index contributed by atoms with van der Waals surface area (Å²) < 4.78 is 1.51. The normalized spacial score (nSPS) is 12.6. The highest BCUT2D eigenvalue weighted by Crippen LogP contribution is 2.03. The third-order valence-electron chi connectivity index (χ3n) is 1.45. The molecule has 0 saturated heterocycles. The lowest BCUT2D eigenvalue weighted by molar-refractivity contribution is -0.123. The Morgan fingerprint density at radius 2 is 2.50 bits per heavy atom. The minimum Gasteiger partial charge on any atom is -0.384 e. The van der Waals surface area contributed by atoms with Crippen LogP contribution in [0.5, 0.6) is 0 Å². The number of aliphatic hydroxyl groups excluding tert-OH is 1. The van der Waals surface area contributed by atoms with E-state index < -0.39 is 12.0 Å². The lowest BCUT2D eigenvalue weighted by atomic mass is 10.4. The smallest absolute Gasteiger partial charge is 0.254 e. The largest absolute Gasteiger partial charge is 0.384 e. The first-order valence-electron chi connectivity index (χ1n) is 3.58. The fourth-order valence-corrected chi connectivity index (χ4v) is 0.727. The Hall–Kier alpha value is -1.36. The second kappa shape index (κ2) is 3.36. The van der Waals surface area contributed by atoms with Crippen molar-refractivity contribution < 1.29 is 9.90 Å². The van der Waals surface area contributed by atoms with Crippen molar-refractivity contribution in [2.75, 3.05) is 5.32 Å². The van der Waals surface area contributed by atoms with E-state index in [4.69, 9.17) is 5.11 Å². The number of nitrogens with zero attached hydrogens (tertiary/aromatic N) is 2. The number of anilines is 1. The second-order valence-corrected chi connectivity index (χ2v) is 2.51. The van der Waals surface area contributed by atoms with Crippen LogP contribution in [0, 0.1) is 0 Å². The third-order valence-corrected chi connectivity index (χ3v) is 1.45. The SMILES string of the molecule is C[C@@H](O)C(=O)Nc1ccnn1C. The summed E-state index contributed by atoms with van der Waals surface area (Å²) in [7, 11) is 1.71. The van der Waals surface area contributed by atoms with Crippen LogP contribution < -0.4 is 5.32 Å². The van der Waals surface area contributed by atoms with Crippen LogP contribution in [0.3, 0.4) is 0 Å². The van der Waals surface area contributed by atoms with Gasteiger partial charge in [0, 0.05) is 13.1 Å². The highest BCUT2D eigenvalue weighted by molar-refractivity contribution is 5.92. The van der Waals surface area contributed by atoms with E-state index in [0.29, 0.717) is 5.82 Å². The maximum Gasteiger partial charge on any atom is 0.254 e. The van der Waals surface area contributed by atoms with E-state index in [0.717, 1.165) is 0 Å². The zero-order chi connectivity index (χ0) is 9.14. The summed E-state index contributed by atoms with van der Waals surface area (Å²) >= 11 is 0. The molecule has 1 aromatic heterocycles. The molecule has 0 aliphatic carbocycles. The first kappa shape index (κ1) is 8.73. The number of nitrogens with one attached hydrogen (secondary N) is 1.